The van der Waals surface area contributed by atoms with Gasteiger partial charge in [0.05, 0.1) is 21.8 Å². The molecule has 40 heavy (non-hydrogen) atoms. The predicted octanol–water partition coefficient (Wildman–Crippen LogP) is 6.60. The Hall–Kier alpha value is -4.43. The topological polar surface area (TPSA) is 47.5 Å². The molecule has 2 aliphatic rings. The fraction of sp³-hybridized carbons (Fsp3) is 0.125. The normalized spacial score (nSPS) is 16.8. The molecule has 5 aromatic rings. The second kappa shape index (κ2) is 9.34. The van der Waals surface area contributed by atoms with Crippen LogP contribution in [0.5, 0.6) is 0 Å². The highest BCUT2D eigenvalue weighted by atomic mass is 32.1. The molecule has 1 aliphatic heterocycles. The minimum atomic E-state index is -4.45. The van der Waals surface area contributed by atoms with Crippen LogP contribution in [0.3, 0.4) is 0 Å². The lowest BCUT2D eigenvalue weighted by molar-refractivity contribution is -0.137. The summed E-state index contributed by atoms with van der Waals surface area (Å²) in [5.41, 5.74) is 4.78. The molecular weight excluding hydrogens is 533 g/mol. The minimum Gasteiger partial charge on any atom is -0.457 e. The standard InChI is InChI=1S/C32H21F3N2O2S/c33-32(34,35)22-11-6-10-21(17-22)26-16-14-23(39-26)18-27-30(38)37-29(20-8-2-1-3-9-20)25-15-13-19-7-4-5-12-24(19)28(25)36-31(37)40-27/h1-12,14,16-18,29H,13,15H2. The highest BCUT2D eigenvalue weighted by Gasteiger charge is 2.33. The van der Waals surface area contributed by atoms with Crippen molar-refractivity contribution in [2.24, 2.45) is 4.99 Å². The second-order valence-electron chi connectivity index (χ2n) is 9.80. The Morgan fingerprint density at radius 2 is 1.73 bits per heavy atom. The molecule has 0 saturated carbocycles. The van der Waals surface area contributed by atoms with E-state index in [0.717, 1.165) is 47.4 Å². The van der Waals surface area contributed by atoms with Gasteiger partial charge >= 0.3 is 6.18 Å². The van der Waals surface area contributed by atoms with Crippen LogP contribution in [0.2, 0.25) is 0 Å². The van der Waals surface area contributed by atoms with Gasteiger partial charge in [-0.2, -0.15) is 13.2 Å². The Bertz CT molecular complexity index is 1980. The molecule has 0 N–H and O–H groups in total. The number of hydrogen-bond acceptors (Lipinski definition) is 4. The average Bonchev–Trinajstić information content (AvgIpc) is 3.56. The van der Waals surface area contributed by atoms with E-state index in [1.165, 1.54) is 23.0 Å². The van der Waals surface area contributed by atoms with Crippen molar-refractivity contribution in [2.45, 2.75) is 25.1 Å². The number of benzene rings is 3. The fourth-order valence-corrected chi connectivity index (χ4v) is 6.50. The van der Waals surface area contributed by atoms with E-state index in [9.17, 15) is 18.0 Å². The highest BCUT2D eigenvalue weighted by molar-refractivity contribution is 7.07. The zero-order chi connectivity index (χ0) is 27.4. The molecule has 0 spiro atoms. The quantitative estimate of drug-likeness (QED) is 0.252. The third-order valence-electron chi connectivity index (χ3n) is 7.36. The van der Waals surface area contributed by atoms with Gasteiger partial charge in [0.15, 0.2) is 4.80 Å². The number of furan rings is 1. The van der Waals surface area contributed by atoms with Crippen LogP contribution in [0.1, 0.15) is 40.5 Å². The predicted molar refractivity (Wildman–Crippen MR) is 148 cm³/mol. The summed E-state index contributed by atoms with van der Waals surface area (Å²) in [6, 6.07) is 26.2. The van der Waals surface area contributed by atoms with Gasteiger partial charge in [-0.15, -0.1) is 0 Å². The number of allylic oxidation sites excluding steroid dienone is 1. The van der Waals surface area contributed by atoms with Gasteiger partial charge in [0, 0.05) is 17.2 Å². The van der Waals surface area contributed by atoms with Crippen LogP contribution in [-0.4, -0.2) is 4.57 Å². The summed E-state index contributed by atoms with van der Waals surface area (Å²) in [5.74, 6) is 0.669. The van der Waals surface area contributed by atoms with Gasteiger partial charge in [0.1, 0.15) is 11.5 Å². The van der Waals surface area contributed by atoms with Crippen LogP contribution in [0.4, 0.5) is 13.2 Å². The van der Waals surface area contributed by atoms with Gasteiger partial charge in [-0.1, -0.05) is 78.1 Å². The van der Waals surface area contributed by atoms with E-state index in [0.29, 0.717) is 26.4 Å². The third kappa shape index (κ3) is 4.16. The van der Waals surface area contributed by atoms with Gasteiger partial charge < -0.3 is 4.42 Å². The largest absolute Gasteiger partial charge is 0.457 e. The molecule has 4 nitrogen and oxygen atoms in total. The SMILES string of the molecule is O=c1c(=Cc2ccc(-c3cccc(C(F)(F)F)c3)o2)sc2n1C(c1ccccc1)C1=C(N=2)c2ccccc2CC1. The lowest BCUT2D eigenvalue weighted by Crippen LogP contribution is -2.38. The molecule has 0 saturated heterocycles. The number of aryl methyl sites for hydroxylation is 1. The number of aromatic nitrogens is 1. The van der Waals surface area contributed by atoms with Crippen molar-refractivity contribution in [1.82, 2.24) is 4.57 Å². The fourth-order valence-electron chi connectivity index (χ4n) is 5.52. The van der Waals surface area contributed by atoms with E-state index in [1.54, 1.807) is 28.8 Å². The highest BCUT2D eigenvalue weighted by Crippen LogP contribution is 2.41. The van der Waals surface area contributed by atoms with Crippen molar-refractivity contribution in [3.63, 3.8) is 0 Å². The summed E-state index contributed by atoms with van der Waals surface area (Å²) in [5, 5.41) is 0. The Morgan fingerprint density at radius 3 is 2.55 bits per heavy atom. The van der Waals surface area contributed by atoms with E-state index < -0.39 is 11.7 Å². The number of rotatable bonds is 3. The van der Waals surface area contributed by atoms with Gasteiger partial charge in [0.2, 0.25) is 0 Å². The van der Waals surface area contributed by atoms with Crippen molar-refractivity contribution < 1.29 is 17.6 Å². The van der Waals surface area contributed by atoms with Gasteiger partial charge in [-0.3, -0.25) is 9.36 Å². The zero-order valence-corrected chi connectivity index (χ0v) is 21.8. The summed E-state index contributed by atoms with van der Waals surface area (Å²) in [6.45, 7) is 0. The molecule has 3 aromatic carbocycles. The molecule has 1 unspecified atom stereocenters. The third-order valence-corrected chi connectivity index (χ3v) is 8.35. The summed E-state index contributed by atoms with van der Waals surface area (Å²) >= 11 is 1.28. The first-order valence-electron chi connectivity index (χ1n) is 12.8. The van der Waals surface area contributed by atoms with E-state index in [2.05, 4.69) is 12.1 Å². The molecule has 1 atom stereocenters. The van der Waals surface area contributed by atoms with Crippen molar-refractivity contribution >= 4 is 23.1 Å². The van der Waals surface area contributed by atoms with Crippen molar-refractivity contribution in [1.29, 1.82) is 0 Å². The summed E-state index contributed by atoms with van der Waals surface area (Å²) in [6.07, 6.45) is -1.13. The molecule has 0 amide bonds. The summed E-state index contributed by atoms with van der Waals surface area (Å²) in [4.78, 5) is 19.4. The first-order chi connectivity index (χ1) is 19.4. The second-order valence-corrected chi connectivity index (χ2v) is 10.8. The van der Waals surface area contributed by atoms with Crippen molar-refractivity contribution in [3.05, 3.63) is 144 Å². The summed E-state index contributed by atoms with van der Waals surface area (Å²) in [7, 11) is 0. The molecule has 1 aliphatic carbocycles. The summed E-state index contributed by atoms with van der Waals surface area (Å²) < 4.78 is 47.7. The molecule has 3 heterocycles. The first kappa shape index (κ1) is 24.6. The van der Waals surface area contributed by atoms with Gasteiger partial charge in [-0.25, -0.2) is 4.99 Å². The molecule has 7 rings (SSSR count). The van der Waals surface area contributed by atoms with Crippen LogP contribution in [0.15, 0.2) is 111 Å². The maximum Gasteiger partial charge on any atom is 0.416 e. The Morgan fingerprint density at radius 1 is 0.925 bits per heavy atom. The number of hydrogen-bond donors (Lipinski definition) is 0. The van der Waals surface area contributed by atoms with E-state index in [-0.39, 0.29) is 11.6 Å². The van der Waals surface area contributed by atoms with Crippen LogP contribution in [0.25, 0.3) is 23.1 Å². The van der Waals surface area contributed by atoms with E-state index in [4.69, 9.17) is 9.41 Å². The Labute approximate surface area is 230 Å². The van der Waals surface area contributed by atoms with E-state index in [1.807, 2.05) is 42.5 Å². The number of alkyl halides is 3. The smallest absolute Gasteiger partial charge is 0.416 e. The molecular formula is C32H21F3N2O2S. The number of fused-ring (bicyclic) bond motifs is 3. The van der Waals surface area contributed by atoms with Gasteiger partial charge in [-0.05, 0) is 53.8 Å². The monoisotopic (exact) mass is 554 g/mol. The van der Waals surface area contributed by atoms with Crippen LogP contribution >= 0.6 is 11.3 Å². The molecule has 198 valence electrons. The molecule has 8 heteroatoms. The van der Waals surface area contributed by atoms with Crippen LogP contribution < -0.4 is 14.9 Å². The lowest BCUT2D eigenvalue weighted by Gasteiger charge is -2.30. The minimum absolute atomic E-state index is 0.181. The van der Waals surface area contributed by atoms with Crippen LogP contribution in [0, 0.1) is 0 Å². The van der Waals surface area contributed by atoms with Gasteiger partial charge in [0.25, 0.3) is 5.56 Å². The number of halogens is 3. The zero-order valence-electron chi connectivity index (χ0n) is 21.0. The number of thiazole rings is 1. The average molecular weight is 555 g/mol. The molecule has 2 aromatic heterocycles. The van der Waals surface area contributed by atoms with Crippen LogP contribution in [-0.2, 0) is 12.6 Å². The Balaban J connectivity index is 1.36. The van der Waals surface area contributed by atoms with E-state index >= 15 is 0 Å². The lowest BCUT2D eigenvalue weighted by atomic mass is 9.83. The maximum absolute atomic E-state index is 13.8. The van der Waals surface area contributed by atoms with Crippen molar-refractivity contribution in [3.8, 4) is 11.3 Å². The first-order valence-corrected chi connectivity index (χ1v) is 13.6. The maximum atomic E-state index is 13.8. The van der Waals surface area contributed by atoms with Crippen molar-refractivity contribution in [2.75, 3.05) is 0 Å². The molecule has 0 radical (unpaired) electrons. The number of nitrogens with zero attached hydrogens (tertiary/aromatic N) is 2. The molecule has 0 fully saturated rings. The Kier molecular flexibility index (Phi) is 5.75. The molecule has 0 bridgehead atoms.